The van der Waals surface area contributed by atoms with E-state index in [0.717, 1.165) is 6.07 Å². The summed E-state index contributed by atoms with van der Waals surface area (Å²) in [6, 6.07) is 5.21. The predicted octanol–water partition coefficient (Wildman–Crippen LogP) is 3.54. The highest BCUT2D eigenvalue weighted by Gasteiger charge is 2.48. The largest absolute Gasteiger partial charge is 0.444 e. The maximum atomic E-state index is 13.1. The van der Waals surface area contributed by atoms with Gasteiger partial charge in [0.1, 0.15) is 5.60 Å². The molecule has 3 rings (SSSR count). The van der Waals surface area contributed by atoms with Crippen LogP contribution < -0.4 is 5.32 Å². The van der Waals surface area contributed by atoms with E-state index in [4.69, 9.17) is 4.74 Å². The Morgan fingerprint density at radius 1 is 1.15 bits per heavy atom. The molecule has 0 radical (unpaired) electrons. The molecule has 2 atom stereocenters. The summed E-state index contributed by atoms with van der Waals surface area (Å²) in [6.45, 7) is 6.01. The van der Waals surface area contributed by atoms with Gasteiger partial charge in [-0.25, -0.2) is 4.79 Å². The number of carbonyl (C=O) groups is 2. The number of hydrogen-bond acceptors (Lipinski definition) is 3. The number of ether oxygens (including phenoxy) is 1. The SMILES string of the molecule is CC(C)(C)OC(=O)N1CC(NC(=O)[C@@H]2C[C@@H]2c2ccccc2C(F)(F)F)C1. The van der Waals surface area contributed by atoms with Gasteiger partial charge >= 0.3 is 12.3 Å². The van der Waals surface area contributed by atoms with Gasteiger partial charge in [0, 0.05) is 19.0 Å². The van der Waals surface area contributed by atoms with Crippen LogP contribution in [0.4, 0.5) is 18.0 Å². The van der Waals surface area contributed by atoms with Gasteiger partial charge in [-0.1, -0.05) is 18.2 Å². The lowest BCUT2D eigenvalue weighted by atomic mass is 10.0. The van der Waals surface area contributed by atoms with Crippen LogP contribution in [0.5, 0.6) is 0 Å². The summed E-state index contributed by atoms with van der Waals surface area (Å²) in [6.07, 6.45) is -4.46. The first kappa shape index (κ1) is 19.5. The summed E-state index contributed by atoms with van der Waals surface area (Å²) in [4.78, 5) is 25.7. The molecule has 0 bridgehead atoms. The van der Waals surface area contributed by atoms with Gasteiger partial charge in [0.25, 0.3) is 0 Å². The minimum absolute atomic E-state index is 0.175. The Morgan fingerprint density at radius 3 is 2.37 bits per heavy atom. The molecule has 1 heterocycles. The fourth-order valence-electron chi connectivity index (χ4n) is 3.26. The van der Waals surface area contributed by atoms with E-state index < -0.39 is 35.3 Å². The van der Waals surface area contributed by atoms with Crippen molar-refractivity contribution < 1.29 is 27.5 Å². The lowest BCUT2D eigenvalue weighted by Gasteiger charge is -2.40. The molecule has 148 valence electrons. The number of rotatable bonds is 3. The lowest BCUT2D eigenvalue weighted by molar-refractivity contribution is -0.138. The third-order valence-electron chi connectivity index (χ3n) is 4.67. The second-order valence-corrected chi connectivity index (χ2v) is 8.12. The van der Waals surface area contributed by atoms with Gasteiger partial charge in [-0.2, -0.15) is 13.2 Å². The first-order chi connectivity index (χ1) is 12.5. The van der Waals surface area contributed by atoms with Crippen molar-refractivity contribution in [2.24, 2.45) is 5.92 Å². The fourth-order valence-corrected chi connectivity index (χ4v) is 3.26. The van der Waals surface area contributed by atoms with Gasteiger partial charge < -0.3 is 15.0 Å². The first-order valence-corrected chi connectivity index (χ1v) is 8.90. The quantitative estimate of drug-likeness (QED) is 0.867. The summed E-state index contributed by atoms with van der Waals surface area (Å²) in [7, 11) is 0. The minimum Gasteiger partial charge on any atom is -0.444 e. The number of nitrogens with zero attached hydrogens (tertiary/aromatic N) is 1. The van der Waals surface area contributed by atoms with Crippen LogP contribution in [0.15, 0.2) is 24.3 Å². The van der Waals surface area contributed by atoms with Crippen molar-refractivity contribution in [3.05, 3.63) is 35.4 Å². The Bertz CT molecular complexity index is 736. The molecule has 8 heteroatoms. The van der Waals surface area contributed by atoms with E-state index in [-0.39, 0.29) is 17.5 Å². The molecule has 27 heavy (non-hydrogen) atoms. The number of benzene rings is 1. The van der Waals surface area contributed by atoms with Gasteiger partial charge in [0.05, 0.1) is 11.6 Å². The highest BCUT2D eigenvalue weighted by atomic mass is 19.4. The van der Waals surface area contributed by atoms with Crippen molar-refractivity contribution in [3.8, 4) is 0 Å². The van der Waals surface area contributed by atoms with E-state index in [1.807, 2.05) is 0 Å². The van der Waals surface area contributed by atoms with Gasteiger partial charge in [-0.05, 0) is 44.7 Å². The number of hydrogen-bond donors (Lipinski definition) is 1. The highest BCUT2D eigenvalue weighted by molar-refractivity contribution is 5.83. The molecule has 0 aromatic heterocycles. The van der Waals surface area contributed by atoms with Crippen LogP contribution in [-0.2, 0) is 15.7 Å². The fraction of sp³-hybridized carbons (Fsp3) is 0.579. The van der Waals surface area contributed by atoms with Crippen LogP contribution in [-0.4, -0.2) is 41.6 Å². The van der Waals surface area contributed by atoms with Crippen molar-refractivity contribution >= 4 is 12.0 Å². The van der Waals surface area contributed by atoms with Gasteiger partial charge in [0.2, 0.25) is 5.91 Å². The molecule has 1 saturated heterocycles. The molecular formula is C19H23F3N2O3. The number of alkyl halides is 3. The molecule has 1 aliphatic heterocycles. The maximum absolute atomic E-state index is 13.1. The van der Waals surface area contributed by atoms with E-state index in [9.17, 15) is 22.8 Å². The molecular weight excluding hydrogens is 361 g/mol. The number of halogens is 3. The Morgan fingerprint density at radius 2 is 1.78 bits per heavy atom. The molecule has 1 aromatic carbocycles. The minimum atomic E-state index is -4.43. The van der Waals surface area contributed by atoms with Gasteiger partial charge in [-0.3, -0.25) is 4.79 Å². The zero-order valence-corrected chi connectivity index (χ0v) is 15.5. The molecule has 1 N–H and O–H groups in total. The zero-order valence-electron chi connectivity index (χ0n) is 15.5. The molecule has 5 nitrogen and oxygen atoms in total. The van der Waals surface area contributed by atoms with Crippen LogP contribution in [0.2, 0.25) is 0 Å². The monoisotopic (exact) mass is 384 g/mol. The maximum Gasteiger partial charge on any atom is 0.416 e. The average molecular weight is 384 g/mol. The third-order valence-corrected chi connectivity index (χ3v) is 4.67. The van der Waals surface area contributed by atoms with Gasteiger partial charge in [0.15, 0.2) is 0 Å². The summed E-state index contributed by atoms with van der Waals surface area (Å²) in [5.41, 5.74) is -1.09. The highest BCUT2D eigenvalue weighted by Crippen LogP contribution is 2.51. The van der Waals surface area contributed by atoms with Crippen LogP contribution in [0.1, 0.15) is 44.2 Å². The predicted molar refractivity (Wildman–Crippen MR) is 92.0 cm³/mol. The molecule has 0 spiro atoms. The van der Waals surface area contributed by atoms with Crippen LogP contribution >= 0.6 is 0 Å². The van der Waals surface area contributed by atoms with E-state index in [1.165, 1.54) is 17.0 Å². The smallest absolute Gasteiger partial charge is 0.416 e. The van der Waals surface area contributed by atoms with Gasteiger partial charge in [-0.15, -0.1) is 0 Å². The molecule has 2 aliphatic rings. The summed E-state index contributed by atoms with van der Waals surface area (Å²) in [5, 5.41) is 2.81. The van der Waals surface area contributed by atoms with E-state index in [1.54, 1.807) is 26.8 Å². The number of likely N-dealkylation sites (tertiary alicyclic amines) is 1. The average Bonchev–Trinajstić information content (AvgIpc) is 3.28. The standard InChI is InChI=1S/C19H23F3N2O3/c1-18(2,3)27-17(26)24-9-11(10-24)23-16(25)14-8-13(14)12-6-4-5-7-15(12)19(20,21)22/h4-7,11,13-14H,8-10H2,1-3H3,(H,23,25)/t13-,14-/m1/s1. The molecule has 2 fully saturated rings. The van der Waals surface area contributed by atoms with Crippen LogP contribution in [0.3, 0.4) is 0 Å². The van der Waals surface area contributed by atoms with Crippen LogP contribution in [0, 0.1) is 5.92 Å². The van der Waals surface area contributed by atoms with E-state index in [0.29, 0.717) is 19.5 Å². The Kier molecular flexibility index (Phi) is 4.86. The normalized spacial score (nSPS) is 22.8. The molecule has 2 amide bonds. The number of nitrogens with one attached hydrogen (secondary N) is 1. The van der Waals surface area contributed by atoms with Crippen LogP contribution in [0.25, 0.3) is 0 Å². The number of carbonyl (C=O) groups excluding carboxylic acids is 2. The molecule has 1 aliphatic carbocycles. The molecule has 1 aromatic rings. The molecule has 1 saturated carbocycles. The first-order valence-electron chi connectivity index (χ1n) is 8.90. The van der Waals surface area contributed by atoms with Crippen molar-refractivity contribution in [2.45, 2.75) is 50.9 Å². The van der Waals surface area contributed by atoms with Crippen molar-refractivity contribution in [1.82, 2.24) is 10.2 Å². The second-order valence-electron chi connectivity index (χ2n) is 8.12. The summed E-state index contributed by atoms with van der Waals surface area (Å²) < 4.78 is 44.6. The lowest BCUT2D eigenvalue weighted by Crippen LogP contribution is -2.61. The van der Waals surface area contributed by atoms with Crippen molar-refractivity contribution in [3.63, 3.8) is 0 Å². The Balaban J connectivity index is 1.51. The number of amides is 2. The van der Waals surface area contributed by atoms with E-state index >= 15 is 0 Å². The second kappa shape index (κ2) is 6.73. The Hall–Kier alpha value is -2.25. The summed E-state index contributed by atoms with van der Waals surface area (Å²) in [5.74, 6) is -1.13. The zero-order chi connectivity index (χ0) is 20.0. The van der Waals surface area contributed by atoms with Crippen molar-refractivity contribution in [1.29, 1.82) is 0 Å². The Labute approximate surface area is 155 Å². The van der Waals surface area contributed by atoms with E-state index in [2.05, 4.69) is 5.32 Å². The topological polar surface area (TPSA) is 58.6 Å². The summed E-state index contributed by atoms with van der Waals surface area (Å²) >= 11 is 0. The molecule has 0 unspecified atom stereocenters. The third kappa shape index (κ3) is 4.54. The van der Waals surface area contributed by atoms with Crippen molar-refractivity contribution in [2.75, 3.05) is 13.1 Å².